The number of carbonyl (C=O) groups is 2. The smallest absolute Gasteiger partial charge is 0.305 e. The van der Waals surface area contributed by atoms with Crippen LogP contribution < -0.4 is 5.32 Å². The lowest BCUT2D eigenvalue weighted by Gasteiger charge is -2.22. The molecule has 6 heteroatoms. The molecule has 0 fully saturated rings. The highest BCUT2D eigenvalue weighted by molar-refractivity contribution is 5.76. The highest BCUT2D eigenvalue weighted by Gasteiger charge is 2.20. The molecule has 0 aliphatic rings. The Labute approximate surface area is 451 Å². The van der Waals surface area contributed by atoms with E-state index in [0.29, 0.717) is 25.9 Å². The van der Waals surface area contributed by atoms with Crippen molar-refractivity contribution in [3.63, 3.8) is 0 Å². The van der Waals surface area contributed by atoms with Crippen molar-refractivity contribution in [1.29, 1.82) is 0 Å². The van der Waals surface area contributed by atoms with Gasteiger partial charge < -0.3 is 20.3 Å². The van der Waals surface area contributed by atoms with Crippen LogP contribution in [0.2, 0.25) is 0 Å². The zero-order chi connectivity index (χ0) is 52.2. The molecule has 2 atom stereocenters. The molecular formula is C66H131NO5. The van der Waals surface area contributed by atoms with Gasteiger partial charge in [-0.25, -0.2) is 0 Å². The third kappa shape index (κ3) is 58.1. The van der Waals surface area contributed by atoms with Crippen molar-refractivity contribution in [2.45, 2.75) is 398 Å². The van der Waals surface area contributed by atoms with E-state index in [4.69, 9.17) is 4.74 Å². The molecule has 0 bridgehead atoms. The molecule has 0 radical (unpaired) electrons. The van der Waals surface area contributed by atoms with Crippen LogP contribution >= 0.6 is 0 Å². The number of aliphatic hydroxyl groups excluding tert-OH is 2. The lowest BCUT2D eigenvalue weighted by molar-refractivity contribution is -0.143. The lowest BCUT2D eigenvalue weighted by atomic mass is 10.0. The van der Waals surface area contributed by atoms with Crippen LogP contribution in [0.25, 0.3) is 0 Å². The van der Waals surface area contributed by atoms with E-state index in [9.17, 15) is 19.8 Å². The fourth-order valence-corrected chi connectivity index (χ4v) is 10.8. The summed E-state index contributed by atoms with van der Waals surface area (Å²) in [6.07, 6.45) is 74.3. The summed E-state index contributed by atoms with van der Waals surface area (Å²) >= 11 is 0. The Morgan fingerprint density at radius 1 is 0.333 bits per heavy atom. The molecule has 72 heavy (non-hydrogen) atoms. The summed E-state index contributed by atoms with van der Waals surface area (Å²) in [6.45, 7) is 4.99. The van der Waals surface area contributed by atoms with Crippen molar-refractivity contribution in [3.05, 3.63) is 0 Å². The zero-order valence-corrected chi connectivity index (χ0v) is 49.2. The molecule has 0 aromatic carbocycles. The maximum atomic E-state index is 12.5. The number of ether oxygens (including phenoxy) is 1. The monoisotopic (exact) mass is 1020 g/mol. The van der Waals surface area contributed by atoms with Crippen LogP contribution in [-0.2, 0) is 14.3 Å². The largest absolute Gasteiger partial charge is 0.466 e. The van der Waals surface area contributed by atoms with Gasteiger partial charge in [0.15, 0.2) is 0 Å². The van der Waals surface area contributed by atoms with Gasteiger partial charge in [0.25, 0.3) is 0 Å². The molecular weight excluding hydrogens is 887 g/mol. The Morgan fingerprint density at radius 2 is 0.569 bits per heavy atom. The number of amides is 1. The van der Waals surface area contributed by atoms with Gasteiger partial charge in [0.1, 0.15) is 0 Å². The molecule has 0 heterocycles. The molecule has 2 unspecified atom stereocenters. The number of nitrogens with one attached hydrogen (secondary N) is 1. The van der Waals surface area contributed by atoms with Crippen molar-refractivity contribution in [2.24, 2.45) is 0 Å². The van der Waals surface area contributed by atoms with Gasteiger partial charge in [-0.15, -0.1) is 0 Å². The highest BCUT2D eigenvalue weighted by Crippen LogP contribution is 2.19. The van der Waals surface area contributed by atoms with Gasteiger partial charge in [-0.1, -0.05) is 348 Å². The second kappa shape index (κ2) is 62.4. The first-order valence-electron chi connectivity index (χ1n) is 33.3. The average Bonchev–Trinajstić information content (AvgIpc) is 3.38. The van der Waals surface area contributed by atoms with Crippen LogP contribution in [0.5, 0.6) is 0 Å². The second-order valence-corrected chi connectivity index (χ2v) is 23.2. The van der Waals surface area contributed by atoms with Gasteiger partial charge in [0.2, 0.25) is 5.91 Å². The van der Waals surface area contributed by atoms with Crippen LogP contribution in [0, 0.1) is 0 Å². The number of rotatable bonds is 63. The van der Waals surface area contributed by atoms with E-state index in [2.05, 4.69) is 19.2 Å². The Balaban J connectivity index is 3.32. The van der Waals surface area contributed by atoms with Crippen LogP contribution in [0.4, 0.5) is 0 Å². The number of hydrogen-bond donors (Lipinski definition) is 3. The molecule has 430 valence electrons. The quantitative estimate of drug-likeness (QED) is 0.0417. The van der Waals surface area contributed by atoms with Crippen LogP contribution in [0.15, 0.2) is 0 Å². The molecule has 1 amide bonds. The van der Waals surface area contributed by atoms with E-state index in [1.165, 1.54) is 315 Å². The van der Waals surface area contributed by atoms with E-state index in [-0.39, 0.29) is 18.5 Å². The maximum Gasteiger partial charge on any atom is 0.305 e. The summed E-state index contributed by atoms with van der Waals surface area (Å²) in [5, 5.41) is 23.3. The SMILES string of the molecule is CCCCCCCCCCCCCCCCCC(O)C(CO)NC(=O)CCCCCCCCCCCCCCCCCCCCCCCCCCCCCCCOC(=O)CCCCCCCCCCCCC. The van der Waals surface area contributed by atoms with Crippen molar-refractivity contribution in [3.8, 4) is 0 Å². The van der Waals surface area contributed by atoms with Crippen molar-refractivity contribution in [1.82, 2.24) is 5.32 Å². The normalized spacial score (nSPS) is 12.4. The summed E-state index contributed by atoms with van der Waals surface area (Å²) in [5.74, 6) is -0.00786. The van der Waals surface area contributed by atoms with Crippen LogP contribution in [0.3, 0.4) is 0 Å². The average molecular weight is 1020 g/mol. The molecule has 0 rings (SSSR count). The van der Waals surface area contributed by atoms with Gasteiger partial charge >= 0.3 is 5.97 Å². The maximum absolute atomic E-state index is 12.5. The predicted octanol–water partition coefficient (Wildman–Crippen LogP) is 21.0. The molecule has 0 saturated carbocycles. The predicted molar refractivity (Wildman–Crippen MR) is 315 cm³/mol. The first-order chi connectivity index (χ1) is 35.5. The minimum Gasteiger partial charge on any atom is -0.466 e. The van der Waals surface area contributed by atoms with Crippen LogP contribution in [0.1, 0.15) is 386 Å². The van der Waals surface area contributed by atoms with Crippen LogP contribution in [-0.4, -0.2) is 47.4 Å². The molecule has 0 spiro atoms. The fraction of sp³-hybridized carbons (Fsp3) is 0.970. The molecule has 0 aliphatic heterocycles. The van der Waals surface area contributed by atoms with Crippen molar-refractivity contribution >= 4 is 11.9 Å². The summed E-state index contributed by atoms with van der Waals surface area (Å²) < 4.78 is 5.47. The fourth-order valence-electron chi connectivity index (χ4n) is 10.8. The van der Waals surface area contributed by atoms with Gasteiger partial charge in [-0.2, -0.15) is 0 Å². The van der Waals surface area contributed by atoms with E-state index in [1.807, 2.05) is 0 Å². The number of carbonyl (C=O) groups excluding carboxylic acids is 2. The molecule has 0 aromatic heterocycles. The third-order valence-corrected chi connectivity index (χ3v) is 15.9. The Kier molecular flexibility index (Phi) is 61.4. The topological polar surface area (TPSA) is 95.9 Å². The van der Waals surface area contributed by atoms with E-state index >= 15 is 0 Å². The van der Waals surface area contributed by atoms with E-state index < -0.39 is 12.1 Å². The minimum absolute atomic E-state index is 0.0201. The Bertz CT molecular complexity index is 1040. The van der Waals surface area contributed by atoms with Gasteiger partial charge in [-0.3, -0.25) is 9.59 Å². The lowest BCUT2D eigenvalue weighted by Crippen LogP contribution is -2.45. The summed E-state index contributed by atoms with van der Waals surface area (Å²) in [4.78, 5) is 24.5. The Morgan fingerprint density at radius 3 is 0.847 bits per heavy atom. The van der Waals surface area contributed by atoms with Crippen molar-refractivity contribution < 1.29 is 24.5 Å². The minimum atomic E-state index is -0.660. The molecule has 0 saturated heterocycles. The van der Waals surface area contributed by atoms with Gasteiger partial charge in [0, 0.05) is 12.8 Å². The third-order valence-electron chi connectivity index (χ3n) is 15.9. The number of aliphatic hydroxyl groups is 2. The first kappa shape index (κ1) is 70.9. The summed E-state index contributed by atoms with van der Waals surface area (Å²) in [6, 6.07) is -0.537. The molecule has 3 N–H and O–H groups in total. The number of esters is 1. The number of unbranched alkanes of at least 4 members (excludes halogenated alkanes) is 52. The molecule has 0 aliphatic carbocycles. The highest BCUT2D eigenvalue weighted by atomic mass is 16.5. The van der Waals surface area contributed by atoms with E-state index in [1.54, 1.807) is 0 Å². The standard InChI is InChI=1S/C66H131NO5/c1-3-5-7-9-11-13-15-16-32-35-39-42-46-50-54-58-64(69)63(62-68)67-65(70)59-55-51-47-43-40-36-33-30-28-26-24-22-20-18-17-19-21-23-25-27-29-31-34-37-41-45-49-53-57-61-72-66(71)60-56-52-48-44-38-14-12-10-8-6-4-2/h63-64,68-69H,3-62H2,1-2H3,(H,67,70). The molecule has 6 nitrogen and oxygen atoms in total. The van der Waals surface area contributed by atoms with Gasteiger partial charge in [0.05, 0.1) is 25.4 Å². The number of hydrogen-bond acceptors (Lipinski definition) is 5. The second-order valence-electron chi connectivity index (χ2n) is 23.2. The summed E-state index contributed by atoms with van der Waals surface area (Å²) in [5.41, 5.74) is 0. The molecule has 0 aromatic rings. The summed E-state index contributed by atoms with van der Waals surface area (Å²) in [7, 11) is 0. The van der Waals surface area contributed by atoms with Gasteiger partial charge in [-0.05, 0) is 25.7 Å². The Hall–Kier alpha value is -1.14. The van der Waals surface area contributed by atoms with Crippen molar-refractivity contribution in [2.75, 3.05) is 13.2 Å². The zero-order valence-electron chi connectivity index (χ0n) is 49.2. The first-order valence-corrected chi connectivity index (χ1v) is 33.3. The van der Waals surface area contributed by atoms with E-state index in [0.717, 1.165) is 38.5 Å².